The molecule has 3 heterocycles. The second-order valence-electron chi connectivity index (χ2n) is 7.93. The van der Waals surface area contributed by atoms with E-state index in [0.29, 0.717) is 12.3 Å². The molecule has 7 nitrogen and oxygen atoms in total. The van der Waals surface area contributed by atoms with Crippen LogP contribution in [0, 0.1) is 17.4 Å². The van der Waals surface area contributed by atoms with Crippen LogP contribution in [0.5, 0.6) is 11.5 Å². The van der Waals surface area contributed by atoms with Crippen LogP contribution in [0.1, 0.15) is 24.4 Å². The summed E-state index contributed by atoms with van der Waals surface area (Å²) in [6, 6.07) is 17.5. The van der Waals surface area contributed by atoms with E-state index in [1.165, 1.54) is 0 Å². The first kappa shape index (κ1) is 18.0. The molecule has 2 aromatic rings. The Morgan fingerprint density at radius 3 is 2.69 bits per heavy atom. The summed E-state index contributed by atoms with van der Waals surface area (Å²) in [5, 5.41) is 12.3. The molecule has 4 fully saturated rings. The van der Waals surface area contributed by atoms with Gasteiger partial charge in [0.15, 0.2) is 6.19 Å². The zero-order valence-electron chi connectivity index (χ0n) is 15.9. The molecule has 2 bridgehead atoms. The number of nitrogens with one attached hydrogen (secondary N) is 3. The third-order valence-electron chi connectivity index (χ3n) is 6.22. The van der Waals surface area contributed by atoms with Crippen molar-refractivity contribution in [1.82, 2.24) is 21.1 Å². The van der Waals surface area contributed by atoms with Crippen molar-refractivity contribution in [2.45, 2.75) is 37.0 Å². The third-order valence-corrected chi connectivity index (χ3v) is 6.22. The lowest BCUT2D eigenvalue weighted by atomic mass is 9.80. The number of ether oxygens (including phenoxy) is 1. The number of benzene rings is 2. The van der Waals surface area contributed by atoms with Crippen LogP contribution in [0.25, 0.3) is 0 Å². The molecule has 5 atom stereocenters. The Morgan fingerprint density at radius 1 is 1.10 bits per heavy atom. The fourth-order valence-corrected chi connectivity index (χ4v) is 4.62. The minimum absolute atomic E-state index is 0.0130. The fraction of sp³-hybridized carbons (Fsp3) is 0.364. The van der Waals surface area contributed by atoms with Gasteiger partial charge in [-0.2, -0.15) is 5.26 Å². The van der Waals surface area contributed by atoms with Crippen molar-refractivity contribution in [3.05, 3.63) is 60.2 Å². The maximum Gasteiger partial charge on any atom is 0.238 e. The summed E-state index contributed by atoms with van der Waals surface area (Å²) in [6.07, 6.45) is 3.85. The first-order valence-electron chi connectivity index (χ1n) is 10.0. The summed E-state index contributed by atoms with van der Waals surface area (Å²) in [5.41, 5.74) is 7.38. The SMILES string of the molecule is N#CN1C[C@H]2C[C@@H]1[C@H]2NC(=O)C1CC(c2ccccc2Oc2ccccc2)NN1. The summed E-state index contributed by atoms with van der Waals surface area (Å²) < 4.78 is 6.06. The van der Waals surface area contributed by atoms with Gasteiger partial charge in [-0.1, -0.05) is 36.4 Å². The number of carbonyl (C=O) groups is 1. The minimum Gasteiger partial charge on any atom is -0.457 e. The predicted molar refractivity (Wildman–Crippen MR) is 107 cm³/mol. The van der Waals surface area contributed by atoms with Crippen LogP contribution in [0.4, 0.5) is 0 Å². The standard InChI is InChI=1S/C22H23N5O2/c23-13-27-12-14-10-19(27)21(14)24-22(28)18-11-17(25-26-18)16-8-4-5-9-20(16)29-15-6-2-1-3-7-15/h1-9,14,17-19,21,25-26H,10-12H2,(H,24,28)/t14-,17?,18?,19-,21+/m1/s1. The van der Waals surface area contributed by atoms with Crippen molar-refractivity contribution < 1.29 is 9.53 Å². The maximum absolute atomic E-state index is 12.8. The molecule has 1 amide bonds. The first-order valence-corrected chi connectivity index (χ1v) is 10.0. The van der Waals surface area contributed by atoms with Crippen molar-refractivity contribution in [2.24, 2.45) is 5.92 Å². The van der Waals surface area contributed by atoms with E-state index in [4.69, 9.17) is 10.00 Å². The topological polar surface area (TPSA) is 89.4 Å². The Kier molecular flexibility index (Phi) is 4.58. The molecule has 3 saturated heterocycles. The average molecular weight is 389 g/mol. The monoisotopic (exact) mass is 389 g/mol. The van der Waals surface area contributed by atoms with Gasteiger partial charge >= 0.3 is 0 Å². The molecule has 6 rings (SSSR count). The van der Waals surface area contributed by atoms with E-state index < -0.39 is 0 Å². The van der Waals surface area contributed by atoms with Gasteiger partial charge in [-0.05, 0) is 31.0 Å². The fourth-order valence-electron chi connectivity index (χ4n) is 4.62. The second-order valence-corrected chi connectivity index (χ2v) is 7.93. The van der Waals surface area contributed by atoms with Gasteiger partial charge in [0, 0.05) is 18.0 Å². The molecule has 7 heteroatoms. The first-order chi connectivity index (χ1) is 14.2. The number of fused-ring (bicyclic) bond motifs is 1. The molecular weight excluding hydrogens is 366 g/mol. The number of para-hydroxylation sites is 2. The molecule has 2 unspecified atom stereocenters. The number of rotatable bonds is 5. The zero-order valence-corrected chi connectivity index (χ0v) is 15.9. The van der Waals surface area contributed by atoms with Crippen LogP contribution >= 0.6 is 0 Å². The molecule has 1 saturated carbocycles. The van der Waals surface area contributed by atoms with Crippen LogP contribution in [0.15, 0.2) is 54.6 Å². The summed E-state index contributed by atoms with van der Waals surface area (Å²) in [5.74, 6) is 1.94. The van der Waals surface area contributed by atoms with E-state index in [0.717, 1.165) is 30.0 Å². The number of carbonyl (C=O) groups excluding carboxylic acids is 1. The molecular formula is C22H23N5O2. The van der Waals surface area contributed by atoms with E-state index in [9.17, 15) is 4.79 Å². The Hall–Kier alpha value is -3.08. The molecule has 1 aliphatic carbocycles. The van der Waals surface area contributed by atoms with Gasteiger partial charge in [0.05, 0.1) is 18.1 Å². The zero-order chi connectivity index (χ0) is 19.8. The number of nitrogens with zero attached hydrogens (tertiary/aromatic N) is 2. The van der Waals surface area contributed by atoms with E-state index in [-0.39, 0.29) is 30.1 Å². The Morgan fingerprint density at radius 2 is 1.90 bits per heavy atom. The van der Waals surface area contributed by atoms with Crippen LogP contribution in [-0.4, -0.2) is 35.5 Å². The minimum atomic E-state index is -0.319. The summed E-state index contributed by atoms with van der Waals surface area (Å²) in [7, 11) is 0. The highest BCUT2D eigenvalue weighted by atomic mass is 16.5. The number of hydrogen-bond acceptors (Lipinski definition) is 6. The Balaban J connectivity index is 1.24. The average Bonchev–Trinajstić information content (AvgIpc) is 3.47. The molecule has 4 aliphatic rings. The smallest absolute Gasteiger partial charge is 0.238 e. The number of hydrogen-bond donors (Lipinski definition) is 3. The van der Waals surface area contributed by atoms with E-state index >= 15 is 0 Å². The highest BCUT2D eigenvalue weighted by molar-refractivity contribution is 5.82. The summed E-state index contributed by atoms with van der Waals surface area (Å²) in [6.45, 7) is 0.759. The lowest BCUT2D eigenvalue weighted by molar-refractivity contribution is -0.124. The van der Waals surface area contributed by atoms with Crippen LogP contribution in [0.3, 0.4) is 0 Å². The summed E-state index contributed by atoms with van der Waals surface area (Å²) >= 11 is 0. The van der Waals surface area contributed by atoms with Crippen LogP contribution in [-0.2, 0) is 4.79 Å². The quantitative estimate of drug-likeness (QED) is 0.679. The van der Waals surface area contributed by atoms with Crippen molar-refractivity contribution in [3.63, 3.8) is 0 Å². The highest BCUT2D eigenvalue weighted by Gasteiger charge is 2.53. The second kappa shape index (κ2) is 7.39. The third kappa shape index (κ3) is 3.31. The highest BCUT2D eigenvalue weighted by Crippen LogP contribution is 2.40. The van der Waals surface area contributed by atoms with Gasteiger partial charge in [-0.25, -0.2) is 10.9 Å². The van der Waals surface area contributed by atoms with Gasteiger partial charge < -0.3 is 15.0 Å². The van der Waals surface area contributed by atoms with Crippen molar-refractivity contribution in [2.75, 3.05) is 6.54 Å². The largest absolute Gasteiger partial charge is 0.457 e. The lowest BCUT2D eigenvalue weighted by Gasteiger charge is -2.36. The Bertz CT molecular complexity index is 944. The molecule has 148 valence electrons. The van der Waals surface area contributed by atoms with Gasteiger partial charge in [0.1, 0.15) is 17.5 Å². The predicted octanol–water partition coefficient (Wildman–Crippen LogP) is 2.06. The molecule has 0 spiro atoms. The maximum atomic E-state index is 12.8. The van der Waals surface area contributed by atoms with Gasteiger partial charge in [0.2, 0.25) is 5.91 Å². The van der Waals surface area contributed by atoms with Crippen LogP contribution in [0.2, 0.25) is 0 Å². The molecule has 3 aliphatic heterocycles. The van der Waals surface area contributed by atoms with Crippen molar-refractivity contribution >= 4 is 5.91 Å². The van der Waals surface area contributed by atoms with E-state index in [1.54, 1.807) is 4.90 Å². The van der Waals surface area contributed by atoms with Crippen LogP contribution < -0.4 is 20.9 Å². The molecule has 2 aromatic carbocycles. The Labute approximate surface area is 169 Å². The van der Waals surface area contributed by atoms with E-state index in [1.807, 2.05) is 54.6 Å². The number of nitriles is 1. The van der Waals surface area contributed by atoms with E-state index in [2.05, 4.69) is 22.4 Å². The van der Waals surface area contributed by atoms with Crippen molar-refractivity contribution in [1.29, 1.82) is 5.26 Å². The number of hydrazine groups is 1. The molecule has 3 N–H and O–H groups in total. The molecule has 0 aromatic heterocycles. The molecule has 0 radical (unpaired) electrons. The van der Waals surface area contributed by atoms with Gasteiger partial charge in [-0.15, -0.1) is 0 Å². The van der Waals surface area contributed by atoms with Crippen molar-refractivity contribution in [3.8, 4) is 17.7 Å². The van der Waals surface area contributed by atoms with Gasteiger partial charge in [0.25, 0.3) is 0 Å². The molecule has 29 heavy (non-hydrogen) atoms. The lowest BCUT2D eigenvalue weighted by Crippen LogP contribution is -2.57. The summed E-state index contributed by atoms with van der Waals surface area (Å²) in [4.78, 5) is 14.6. The number of amides is 1. The normalized spacial score (nSPS) is 29.8. The van der Waals surface area contributed by atoms with Gasteiger partial charge in [-0.3, -0.25) is 4.79 Å².